The highest BCUT2D eigenvalue weighted by Gasteiger charge is 2.70. The van der Waals surface area contributed by atoms with Crippen LogP contribution in [0.1, 0.15) is 154 Å². The number of rotatable bonds is 5. The lowest BCUT2D eigenvalue weighted by molar-refractivity contribution is -0.774. The molecule has 0 N–H and O–H groups in total. The van der Waals surface area contributed by atoms with E-state index in [0.717, 1.165) is 12.2 Å². The van der Waals surface area contributed by atoms with Gasteiger partial charge in [0.15, 0.2) is 6.20 Å². The predicted octanol–water partition coefficient (Wildman–Crippen LogP) is 16.4. The van der Waals surface area contributed by atoms with Crippen LogP contribution in [0.25, 0.3) is 44.6 Å². The number of aromatic nitrogens is 1. The second-order valence-electron chi connectivity index (χ2n) is 24.1. The minimum Gasteiger partial charge on any atom is -0.410 e. The molecule has 3 unspecified atom stereocenters. The first-order valence-electron chi connectivity index (χ1n) is 24.8. The maximum Gasteiger partial charge on any atom is 0.432 e. The Labute approximate surface area is 400 Å². The third kappa shape index (κ3) is 6.41. The van der Waals surface area contributed by atoms with Crippen LogP contribution >= 0.6 is 0 Å². The van der Waals surface area contributed by atoms with Gasteiger partial charge in [-0.1, -0.05) is 176 Å². The summed E-state index contributed by atoms with van der Waals surface area (Å²) in [5.74, 6) is 0.383. The molecule has 0 aliphatic carbocycles. The molecule has 11 rings (SSSR count). The van der Waals surface area contributed by atoms with Gasteiger partial charge in [0.05, 0.1) is 22.6 Å². The molecule has 4 aliphatic rings. The molecule has 4 nitrogen and oxygen atoms in total. The van der Waals surface area contributed by atoms with Crippen LogP contribution in [-0.2, 0) is 27.5 Å². The lowest BCUT2D eigenvalue weighted by Gasteiger charge is -2.49. The first-order chi connectivity index (χ1) is 31.6. The van der Waals surface area contributed by atoms with Crippen molar-refractivity contribution in [1.29, 1.82) is 0 Å². The quantitative estimate of drug-likeness (QED) is 0.161. The maximum absolute atomic E-state index is 8.21. The van der Waals surface area contributed by atoms with Gasteiger partial charge in [0.2, 0.25) is 5.69 Å². The van der Waals surface area contributed by atoms with E-state index in [1.807, 2.05) is 0 Å². The molecule has 3 atom stereocenters. The van der Waals surface area contributed by atoms with Crippen molar-refractivity contribution in [2.24, 2.45) is 0 Å². The van der Waals surface area contributed by atoms with E-state index in [-0.39, 0.29) is 27.8 Å². The largest absolute Gasteiger partial charge is 0.432 e. The van der Waals surface area contributed by atoms with Gasteiger partial charge in [-0.25, -0.2) is 4.90 Å². The second kappa shape index (κ2) is 14.4. The standard InChI is InChI=1S/C63H68N3O/c1-15-38(2)41-26-29-52(47(32-41)40-20-17-16-18-21-40)65-53-23-19-22-46-48-34-44(60(6,7)8)35-49-54-33-42(39-24-27-43(28-25-39)59(3,4)5)30-31-64(54)63(55(48)49)66(56(46)53)58(65)50-36-45(61(9,10)11)37-51(57(50)67-63)62(12,13)14/h16-38,58H,15H2,1-14H3/q+1. The first-order valence-corrected chi connectivity index (χ1v) is 24.8. The Kier molecular flexibility index (Phi) is 9.36. The zero-order valence-corrected chi connectivity index (χ0v) is 42.3. The van der Waals surface area contributed by atoms with Crippen molar-refractivity contribution in [1.82, 2.24) is 0 Å². The summed E-state index contributed by atoms with van der Waals surface area (Å²) >= 11 is 0. The number of hydrogen-bond donors (Lipinski definition) is 0. The topological polar surface area (TPSA) is 19.6 Å². The van der Waals surface area contributed by atoms with Gasteiger partial charge in [-0.05, 0) is 109 Å². The highest BCUT2D eigenvalue weighted by molar-refractivity contribution is 6.03. The molecule has 5 heterocycles. The van der Waals surface area contributed by atoms with Crippen molar-refractivity contribution in [3.8, 4) is 50.4 Å². The highest BCUT2D eigenvalue weighted by atomic mass is 16.5. The van der Waals surface area contributed by atoms with Crippen molar-refractivity contribution in [3.05, 3.63) is 173 Å². The molecular weight excluding hydrogens is 815 g/mol. The summed E-state index contributed by atoms with van der Waals surface area (Å²) in [6.07, 6.45) is 3.17. The first kappa shape index (κ1) is 43.4. The van der Waals surface area contributed by atoms with E-state index in [4.69, 9.17) is 4.74 Å². The normalized spacial score (nSPS) is 18.3. The molecule has 0 saturated carbocycles. The molecule has 67 heavy (non-hydrogen) atoms. The Hall–Kier alpha value is -6.13. The summed E-state index contributed by atoms with van der Waals surface area (Å²) in [7, 11) is 0. The molecule has 340 valence electrons. The number of ether oxygens (including phenoxy) is 1. The number of para-hydroxylation sites is 1. The fourth-order valence-electron chi connectivity index (χ4n) is 11.3. The van der Waals surface area contributed by atoms with Crippen LogP contribution in [0.4, 0.5) is 17.1 Å². The monoisotopic (exact) mass is 883 g/mol. The Morgan fingerprint density at radius 2 is 1.24 bits per heavy atom. The fourth-order valence-corrected chi connectivity index (χ4v) is 11.3. The molecule has 0 fully saturated rings. The van der Waals surface area contributed by atoms with E-state index < -0.39 is 5.85 Å². The summed E-state index contributed by atoms with van der Waals surface area (Å²) in [4.78, 5) is 5.37. The Balaban J connectivity index is 1.27. The second-order valence-corrected chi connectivity index (χ2v) is 24.1. The van der Waals surface area contributed by atoms with Crippen LogP contribution < -0.4 is 19.1 Å². The van der Waals surface area contributed by atoms with E-state index in [1.54, 1.807) is 0 Å². The summed E-state index contributed by atoms with van der Waals surface area (Å²) in [6.45, 7) is 32.7. The molecule has 0 amide bonds. The van der Waals surface area contributed by atoms with Crippen molar-refractivity contribution < 1.29 is 9.30 Å². The van der Waals surface area contributed by atoms with E-state index in [9.17, 15) is 0 Å². The molecule has 1 aromatic heterocycles. The maximum atomic E-state index is 8.21. The van der Waals surface area contributed by atoms with E-state index in [1.165, 1.54) is 101 Å². The molecule has 4 heteroatoms. The Morgan fingerprint density at radius 1 is 0.567 bits per heavy atom. The third-order valence-electron chi connectivity index (χ3n) is 15.5. The van der Waals surface area contributed by atoms with Crippen molar-refractivity contribution in [2.75, 3.05) is 9.80 Å². The molecule has 0 radical (unpaired) electrons. The lowest BCUT2D eigenvalue weighted by Crippen LogP contribution is -2.71. The molecule has 4 aliphatic heterocycles. The summed E-state index contributed by atoms with van der Waals surface area (Å²) in [5.41, 5.74) is 22.1. The van der Waals surface area contributed by atoms with Crippen LogP contribution in [0.3, 0.4) is 0 Å². The molecule has 7 aromatic rings. The average Bonchev–Trinajstić information content (AvgIpc) is 3.78. The zero-order chi connectivity index (χ0) is 47.3. The van der Waals surface area contributed by atoms with E-state index >= 15 is 0 Å². The number of benzene rings is 6. The molecule has 0 saturated heterocycles. The average molecular weight is 883 g/mol. The SMILES string of the molecule is CCC(C)c1ccc(N2c3cccc4c3N3C2c2cc(C(C)(C)C)cc(C(C)(C)C)c2OC32c3c-4cc(C(C)(C)C)cc3-c3cc(-c4ccc(C(C)(C)C)cc4)cc[n+]32)c(-c2ccccc2)c1. The van der Waals surface area contributed by atoms with Gasteiger partial charge < -0.3 is 9.64 Å². The lowest BCUT2D eigenvalue weighted by atomic mass is 9.77. The molecule has 1 spiro atoms. The van der Waals surface area contributed by atoms with Gasteiger partial charge in [-0.3, -0.25) is 0 Å². The smallest absolute Gasteiger partial charge is 0.410 e. The minimum absolute atomic E-state index is 0.0760. The molecule has 6 aromatic carbocycles. The zero-order valence-electron chi connectivity index (χ0n) is 42.3. The van der Waals surface area contributed by atoms with Gasteiger partial charge >= 0.3 is 5.85 Å². The summed E-state index contributed by atoms with van der Waals surface area (Å²) < 4.78 is 10.7. The third-order valence-corrected chi connectivity index (χ3v) is 15.5. The van der Waals surface area contributed by atoms with Crippen LogP contribution in [0.15, 0.2) is 134 Å². The van der Waals surface area contributed by atoms with Crippen molar-refractivity contribution in [2.45, 2.75) is 143 Å². The molecular formula is C63H68N3O+. The van der Waals surface area contributed by atoms with Gasteiger partial charge in [-0.2, -0.15) is 0 Å². The fraction of sp³-hybridized carbons (Fsp3) is 0.349. The number of hydrogen-bond acceptors (Lipinski definition) is 3. The van der Waals surface area contributed by atoms with Gasteiger partial charge in [0.25, 0.3) is 0 Å². The van der Waals surface area contributed by atoms with Gasteiger partial charge in [0, 0.05) is 39.9 Å². The van der Waals surface area contributed by atoms with Crippen LogP contribution in [0.5, 0.6) is 5.75 Å². The summed E-state index contributed by atoms with van der Waals surface area (Å²) in [5, 5.41) is 0. The summed E-state index contributed by atoms with van der Waals surface area (Å²) in [6, 6.07) is 49.3. The van der Waals surface area contributed by atoms with Crippen LogP contribution in [-0.4, -0.2) is 0 Å². The number of nitrogens with zero attached hydrogens (tertiary/aromatic N) is 3. The predicted molar refractivity (Wildman–Crippen MR) is 280 cm³/mol. The molecule has 0 bridgehead atoms. The number of fused-ring (bicyclic) bond motifs is 5. The number of anilines is 3. The van der Waals surface area contributed by atoms with Crippen molar-refractivity contribution >= 4 is 17.1 Å². The van der Waals surface area contributed by atoms with Crippen LogP contribution in [0.2, 0.25) is 0 Å². The minimum atomic E-state index is -1.03. The van der Waals surface area contributed by atoms with E-state index in [2.05, 4.69) is 245 Å². The Bertz CT molecular complexity index is 3150. The van der Waals surface area contributed by atoms with Crippen molar-refractivity contribution in [3.63, 3.8) is 0 Å². The van der Waals surface area contributed by atoms with Gasteiger partial charge in [0.1, 0.15) is 17.5 Å². The van der Waals surface area contributed by atoms with Crippen LogP contribution in [0, 0.1) is 0 Å². The van der Waals surface area contributed by atoms with E-state index in [0.29, 0.717) is 5.92 Å². The highest BCUT2D eigenvalue weighted by Crippen LogP contribution is 2.68. The Morgan fingerprint density at radius 3 is 1.90 bits per heavy atom. The van der Waals surface area contributed by atoms with Gasteiger partial charge in [-0.15, -0.1) is 4.57 Å². The number of pyridine rings is 1.